The van der Waals surface area contributed by atoms with Gasteiger partial charge >= 0.3 is 0 Å². The van der Waals surface area contributed by atoms with E-state index in [-0.39, 0.29) is 29.7 Å². The average Bonchev–Trinajstić information content (AvgIpc) is 3.94. The van der Waals surface area contributed by atoms with Crippen molar-refractivity contribution in [2.24, 2.45) is 11.8 Å². The second-order valence-electron chi connectivity index (χ2n) is 12.7. The summed E-state index contributed by atoms with van der Waals surface area (Å²) < 4.78 is 5.92. The Labute approximate surface area is 272 Å². The molecule has 1 saturated heterocycles. The highest BCUT2D eigenvalue weighted by Gasteiger charge is 2.32. The molecule has 1 aliphatic carbocycles. The van der Waals surface area contributed by atoms with Crippen LogP contribution in [0, 0.1) is 23.2 Å². The molecule has 8 nitrogen and oxygen atoms in total. The van der Waals surface area contributed by atoms with E-state index in [1.807, 2.05) is 78.6 Å². The molecule has 1 unspecified atom stereocenters. The number of nitrogens with zero attached hydrogens (tertiary/aromatic N) is 2. The van der Waals surface area contributed by atoms with E-state index >= 15 is 0 Å². The van der Waals surface area contributed by atoms with Crippen LogP contribution in [0.15, 0.2) is 78.9 Å². The van der Waals surface area contributed by atoms with E-state index in [1.165, 1.54) is 0 Å². The molecular weight excluding hydrogens is 576 g/mol. The molecule has 3 aromatic carbocycles. The minimum Gasteiger partial charge on any atom is -0.489 e. The maximum absolute atomic E-state index is 13.3. The number of hydrogen-bond donors (Lipinski definition) is 2. The molecule has 8 heteroatoms. The smallest absolute Gasteiger partial charge is 0.243 e. The monoisotopic (exact) mass is 620 g/mol. The maximum Gasteiger partial charge on any atom is 0.243 e. The Hall–Kier alpha value is -4.64. The summed E-state index contributed by atoms with van der Waals surface area (Å²) in [5, 5.41) is 15.1. The van der Waals surface area contributed by atoms with Crippen molar-refractivity contribution in [3.63, 3.8) is 0 Å². The van der Waals surface area contributed by atoms with Gasteiger partial charge in [-0.3, -0.25) is 14.4 Å². The molecular formula is C38H44N4O4. The van der Waals surface area contributed by atoms with Crippen molar-refractivity contribution in [1.82, 2.24) is 15.5 Å². The first-order chi connectivity index (χ1) is 22.4. The summed E-state index contributed by atoms with van der Waals surface area (Å²) in [4.78, 5) is 41.3. The van der Waals surface area contributed by atoms with Crippen molar-refractivity contribution in [3.05, 3.63) is 101 Å². The summed E-state index contributed by atoms with van der Waals surface area (Å²) in [5.74, 6) is 1.26. The Morgan fingerprint density at radius 1 is 0.870 bits per heavy atom. The summed E-state index contributed by atoms with van der Waals surface area (Å²) in [6.07, 6.45) is 5.55. The molecule has 46 heavy (non-hydrogen) atoms. The van der Waals surface area contributed by atoms with Crippen LogP contribution in [0.1, 0.15) is 67.7 Å². The van der Waals surface area contributed by atoms with E-state index in [0.717, 1.165) is 48.1 Å². The van der Waals surface area contributed by atoms with Crippen molar-refractivity contribution in [3.8, 4) is 11.8 Å². The Morgan fingerprint density at radius 2 is 1.54 bits per heavy atom. The number of likely N-dealkylation sites (tertiary alicyclic amines) is 1. The molecule has 240 valence electrons. The minimum atomic E-state index is -0.673. The van der Waals surface area contributed by atoms with E-state index in [1.54, 1.807) is 12.1 Å². The molecule has 0 aromatic heterocycles. The van der Waals surface area contributed by atoms with Crippen LogP contribution in [0.3, 0.4) is 0 Å². The lowest BCUT2D eigenvalue weighted by molar-refractivity contribution is -0.133. The number of aryl methyl sites for hydroxylation is 1. The fourth-order valence-corrected chi connectivity index (χ4v) is 6.00. The molecule has 2 fully saturated rings. The predicted molar refractivity (Wildman–Crippen MR) is 177 cm³/mol. The summed E-state index contributed by atoms with van der Waals surface area (Å²) in [6, 6.07) is 26.6. The molecule has 2 atom stereocenters. The highest BCUT2D eigenvalue weighted by Crippen LogP contribution is 2.32. The fraction of sp³-hybridized carbons (Fsp3) is 0.421. The number of benzene rings is 3. The summed E-state index contributed by atoms with van der Waals surface area (Å²) >= 11 is 0. The van der Waals surface area contributed by atoms with E-state index in [0.29, 0.717) is 56.9 Å². The Balaban J connectivity index is 1.10. The van der Waals surface area contributed by atoms with Gasteiger partial charge in [-0.2, -0.15) is 5.26 Å². The number of carbonyl (C=O) groups excluding carboxylic acids is 3. The largest absolute Gasteiger partial charge is 0.489 e. The van der Waals surface area contributed by atoms with Gasteiger partial charge in [-0.15, -0.1) is 0 Å². The lowest BCUT2D eigenvalue weighted by Gasteiger charge is -2.32. The van der Waals surface area contributed by atoms with Crippen LogP contribution < -0.4 is 15.4 Å². The van der Waals surface area contributed by atoms with Crippen LogP contribution in [-0.4, -0.2) is 47.8 Å². The topological polar surface area (TPSA) is 112 Å². The number of nitriles is 1. The third kappa shape index (κ3) is 9.93. The lowest BCUT2D eigenvalue weighted by atomic mass is 9.92. The number of carbonyl (C=O) groups is 3. The van der Waals surface area contributed by atoms with E-state index < -0.39 is 6.04 Å². The van der Waals surface area contributed by atoms with Gasteiger partial charge in [-0.05, 0) is 91.8 Å². The van der Waals surface area contributed by atoms with E-state index in [4.69, 9.17) is 10.00 Å². The quantitative estimate of drug-likeness (QED) is 0.253. The lowest BCUT2D eigenvalue weighted by Crippen LogP contribution is -2.51. The Kier molecular flexibility index (Phi) is 11.4. The van der Waals surface area contributed by atoms with Gasteiger partial charge in [0.25, 0.3) is 0 Å². The van der Waals surface area contributed by atoms with Crippen molar-refractivity contribution in [2.75, 3.05) is 13.1 Å². The first kappa shape index (κ1) is 32.7. The van der Waals surface area contributed by atoms with Crippen molar-refractivity contribution in [1.29, 1.82) is 5.26 Å². The third-order valence-corrected chi connectivity index (χ3v) is 9.11. The normalized spacial score (nSPS) is 16.1. The third-order valence-electron chi connectivity index (χ3n) is 9.11. The van der Waals surface area contributed by atoms with Crippen LogP contribution in [0.4, 0.5) is 0 Å². The van der Waals surface area contributed by atoms with Crippen LogP contribution in [0.2, 0.25) is 0 Å². The zero-order chi connectivity index (χ0) is 32.3. The second-order valence-corrected chi connectivity index (χ2v) is 12.7. The first-order valence-electron chi connectivity index (χ1n) is 16.5. The summed E-state index contributed by atoms with van der Waals surface area (Å²) in [5.41, 5.74) is 3.68. The van der Waals surface area contributed by atoms with Crippen molar-refractivity contribution < 1.29 is 19.1 Å². The van der Waals surface area contributed by atoms with Crippen molar-refractivity contribution >= 4 is 17.7 Å². The zero-order valence-corrected chi connectivity index (χ0v) is 26.6. The molecule has 0 spiro atoms. The zero-order valence-electron chi connectivity index (χ0n) is 26.6. The number of hydrogen-bond acceptors (Lipinski definition) is 5. The van der Waals surface area contributed by atoms with Gasteiger partial charge in [0.1, 0.15) is 18.4 Å². The van der Waals surface area contributed by atoms with Gasteiger partial charge in [0, 0.05) is 38.4 Å². The molecule has 5 rings (SSSR count). The van der Waals surface area contributed by atoms with E-state index in [2.05, 4.69) is 16.7 Å². The first-order valence-corrected chi connectivity index (χ1v) is 16.5. The highest BCUT2D eigenvalue weighted by atomic mass is 16.5. The van der Waals surface area contributed by atoms with Gasteiger partial charge in [0.15, 0.2) is 0 Å². The number of amides is 3. The van der Waals surface area contributed by atoms with Crippen LogP contribution in [0.5, 0.6) is 5.75 Å². The van der Waals surface area contributed by atoms with Gasteiger partial charge < -0.3 is 20.3 Å². The number of rotatable bonds is 14. The van der Waals surface area contributed by atoms with Crippen LogP contribution in [0.25, 0.3) is 0 Å². The molecule has 2 N–H and O–H groups in total. The highest BCUT2D eigenvalue weighted by molar-refractivity contribution is 5.88. The molecule has 1 heterocycles. The number of ether oxygens (including phenoxy) is 1. The summed E-state index contributed by atoms with van der Waals surface area (Å²) in [6.45, 7) is 3.77. The van der Waals surface area contributed by atoms with Crippen LogP contribution >= 0.6 is 0 Å². The van der Waals surface area contributed by atoms with Gasteiger partial charge in [-0.1, -0.05) is 54.6 Å². The SMILES string of the molecule is CC(NC(=O)[C@H](Cc1ccc(OCc2ccccc2)cc1)NC(=O)CC1CCN(C(=O)CCc2ccc(C#N)cc2)CC1)C1CC1. The molecule has 1 saturated carbocycles. The molecule has 2 aliphatic rings. The number of piperidine rings is 1. The Bertz CT molecular complexity index is 1490. The average molecular weight is 621 g/mol. The second kappa shape index (κ2) is 16.1. The molecule has 0 bridgehead atoms. The van der Waals surface area contributed by atoms with Gasteiger partial charge in [0.2, 0.25) is 17.7 Å². The minimum absolute atomic E-state index is 0.0828. The fourth-order valence-electron chi connectivity index (χ4n) is 6.00. The van der Waals surface area contributed by atoms with Crippen molar-refractivity contribution in [2.45, 2.75) is 77.0 Å². The molecule has 0 radical (unpaired) electrons. The summed E-state index contributed by atoms with van der Waals surface area (Å²) in [7, 11) is 0. The Morgan fingerprint density at radius 3 is 2.20 bits per heavy atom. The standard InChI is InChI=1S/C38H44N4O4/c1-27(33-14-15-33)40-38(45)35(23-29-11-16-34(17-12-29)46-26-32-5-3-2-4-6-32)41-36(43)24-30-19-21-42(22-20-30)37(44)18-13-28-7-9-31(25-39)10-8-28/h2-12,16-17,27,30,33,35H,13-15,18-24,26H2,1H3,(H,40,45)(H,41,43)/t27?,35-/m0/s1. The van der Waals surface area contributed by atoms with Gasteiger partial charge in [-0.25, -0.2) is 0 Å². The van der Waals surface area contributed by atoms with Crippen LogP contribution in [-0.2, 0) is 33.8 Å². The van der Waals surface area contributed by atoms with E-state index in [9.17, 15) is 14.4 Å². The maximum atomic E-state index is 13.3. The molecule has 3 aromatic rings. The molecule has 3 amide bonds. The number of nitrogens with one attached hydrogen (secondary N) is 2. The molecule has 1 aliphatic heterocycles. The predicted octanol–water partition coefficient (Wildman–Crippen LogP) is 5.34. The van der Waals surface area contributed by atoms with Gasteiger partial charge in [0.05, 0.1) is 11.6 Å².